The number of nitrogen functional groups attached to an aromatic ring is 1. The van der Waals surface area contributed by atoms with Gasteiger partial charge in [0.05, 0.1) is 0 Å². The Bertz CT molecular complexity index is 357. The molecule has 0 radical (unpaired) electrons. The number of benzene rings is 1. The summed E-state index contributed by atoms with van der Waals surface area (Å²) in [5, 5.41) is 0.754. The average molecular weight is 255 g/mol. The zero-order valence-corrected chi connectivity index (χ0v) is 10.9. The van der Waals surface area contributed by atoms with Gasteiger partial charge in [-0.25, -0.2) is 0 Å². The van der Waals surface area contributed by atoms with Crippen molar-refractivity contribution in [1.82, 2.24) is 4.90 Å². The van der Waals surface area contributed by atoms with Crippen LogP contribution >= 0.6 is 11.6 Å². The Morgan fingerprint density at radius 1 is 1.41 bits per heavy atom. The van der Waals surface area contributed by atoms with Gasteiger partial charge in [0.25, 0.3) is 0 Å². The van der Waals surface area contributed by atoms with E-state index >= 15 is 0 Å². The van der Waals surface area contributed by atoms with Crippen LogP contribution in [0.5, 0.6) is 0 Å². The molecule has 0 aliphatic carbocycles. The van der Waals surface area contributed by atoms with Gasteiger partial charge in [0.1, 0.15) is 0 Å². The molecule has 2 N–H and O–H groups in total. The molecule has 0 amide bonds. The first-order valence-corrected chi connectivity index (χ1v) is 6.37. The first kappa shape index (κ1) is 12.7. The van der Waals surface area contributed by atoms with Crippen molar-refractivity contribution in [2.24, 2.45) is 0 Å². The molecule has 1 saturated heterocycles. The molecule has 1 aliphatic heterocycles. The van der Waals surface area contributed by atoms with Gasteiger partial charge in [0, 0.05) is 42.1 Å². The van der Waals surface area contributed by atoms with Gasteiger partial charge in [-0.05, 0) is 32.0 Å². The molecule has 4 heteroatoms. The molecule has 1 aliphatic rings. The fourth-order valence-electron chi connectivity index (χ4n) is 2.25. The van der Waals surface area contributed by atoms with E-state index in [0.717, 1.165) is 48.9 Å². The first-order valence-electron chi connectivity index (χ1n) is 5.99. The average Bonchev–Trinajstić information content (AvgIpc) is 2.35. The van der Waals surface area contributed by atoms with Gasteiger partial charge < -0.3 is 10.5 Å². The van der Waals surface area contributed by atoms with Gasteiger partial charge in [-0.2, -0.15) is 0 Å². The van der Waals surface area contributed by atoms with Crippen molar-refractivity contribution in [1.29, 1.82) is 0 Å². The normalized spacial score (nSPS) is 17.6. The van der Waals surface area contributed by atoms with Crippen molar-refractivity contribution in [3.8, 4) is 0 Å². The summed E-state index contributed by atoms with van der Waals surface area (Å²) >= 11 is 6.18. The molecule has 1 aromatic carbocycles. The second-order valence-corrected chi connectivity index (χ2v) is 4.97. The minimum Gasteiger partial charge on any atom is -0.398 e. The summed E-state index contributed by atoms with van der Waals surface area (Å²) < 4.78 is 5.37. The fraction of sp³-hybridized carbons (Fsp3) is 0.538. The van der Waals surface area contributed by atoms with Crippen LogP contribution in [0.4, 0.5) is 5.69 Å². The molecule has 1 heterocycles. The van der Waals surface area contributed by atoms with Crippen molar-refractivity contribution in [2.45, 2.75) is 25.4 Å². The summed E-state index contributed by atoms with van der Waals surface area (Å²) in [5.74, 6) is 0. The molecule has 3 nitrogen and oxygen atoms in total. The molecule has 0 bridgehead atoms. The largest absolute Gasteiger partial charge is 0.398 e. The SMILES string of the molecule is CN(Cc1c(N)cccc1Cl)C1CCOCC1. The Morgan fingerprint density at radius 3 is 2.76 bits per heavy atom. The highest BCUT2D eigenvalue weighted by atomic mass is 35.5. The molecule has 1 fully saturated rings. The fourth-order valence-corrected chi connectivity index (χ4v) is 2.49. The summed E-state index contributed by atoms with van der Waals surface area (Å²) in [4.78, 5) is 2.32. The van der Waals surface area contributed by atoms with E-state index in [4.69, 9.17) is 22.1 Å². The van der Waals surface area contributed by atoms with Gasteiger partial charge in [-0.1, -0.05) is 17.7 Å². The van der Waals surface area contributed by atoms with Gasteiger partial charge in [-0.15, -0.1) is 0 Å². The Hall–Kier alpha value is -0.770. The van der Waals surface area contributed by atoms with Crippen molar-refractivity contribution in [3.05, 3.63) is 28.8 Å². The van der Waals surface area contributed by atoms with E-state index in [0.29, 0.717) is 6.04 Å². The summed E-state index contributed by atoms with van der Waals surface area (Å²) in [6.45, 7) is 2.51. The molecule has 0 atom stereocenters. The lowest BCUT2D eigenvalue weighted by molar-refractivity contribution is 0.0407. The van der Waals surface area contributed by atoms with E-state index in [-0.39, 0.29) is 0 Å². The van der Waals surface area contributed by atoms with E-state index in [1.54, 1.807) is 0 Å². The Balaban J connectivity index is 2.04. The second-order valence-electron chi connectivity index (χ2n) is 4.57. The van der Waals surface area contributed by atoms with Crippen LogP contribution in [-0.4, -0.2) is 31.2 Å². The first-order chi connectivity index (χ1) is 8.18. The van der Waals surface area contributed by atoms with Crippen LogP contribution in [0.2, 0.25) is 5.02 Å². The van der Waals surface area contributed by atoms with Gasteiger partial charge in [0.2, 0.25) is 0 Å². The number of nitrogens with two attached hydrogens (primary N) is 1. The van der Waals surface area contributed by atoms with Crippen LogP contribution in [0.25, 0.3) is 0 Å². The number of halogens is 1. The Morgan fingerprint density at radius 2 is 2.12 bits per heavy atom. The zero-order chi connectivity index (χ0) is 12.3. The van der Waals surface area contributed by atoms with Gasteiger partial charge in [0.15, 0.2) is 0 Å². The van der Waals surface area contributed by atoms with Crippen LogP contribution in [-0.2, 0) is 11.3 Å². The number of hydrogen-bond acceptors (Lipinski definition) is 3. The summed E-state index contributed by atoms with van der Waals surface area (Å²) in [6.07, 6.45) is 2.17. The standard InChI is InChI=1S/C13H19ClN2O/c1-16(10-5-7-17-8-6-10)9-11-12(14)3-2-4-13(11)15/h2-4,10H,5-9,15H2,1H3. The quantitative estimate of drug-likeness (QED) is 0.843. The lowest BCUT2D eigenvalue weighted by Crippen LogP contribution is -2.36. The van der Waals surface area contributed by atoms with Crippen molar-refractivity contribution in [3.63, 3.8) is 0 Å². The highest BCUT2D eigenvalue weighted by molar-refractivity contribution is 6.31. The van der Waals surface area contributed by atoms with Crippen molar-refractivity contribution < 1.29 is 4.74 Å². The molecule has 0 aromatic heterocycles. The molecule has 0 spiro atoms. The van der Waals surface area contributed by atoms with Crippen LogP contribution < -0.4 is 5.73 Å². The highest BCUT2D eigenvalue weighted by Gasteiger charge is 2.19. The highest BCUT2D eigenvalue weighted by Crippen LogP contribution is 2.25. The van der Waals surface area contributed by atoms with Crippen LogP contribution in [0.1, 0.15) is 18.4 Å². The zero-order valence-electron chi connectivity index (χ0n) is 10.2. The molecule has 2 rings (SSSR count). The molecule has 0 unspecified atom stereocenters. The molecule has 1 aromatic rings. The molecule has 17 heavy (non-hydrogen) atoms. The monoisotopic (exact) mass is 254 g/mol. The van der Waals surface area contributed by atoms with Gasteiger partial charge >= 0.3 is 0 Å². The minimum atomic E-state index is 0.569. The van der Waals surface area contributed by atoms with Gasteiger partial charge in [-0.3, -0.25) is 4.90 Å². The topological polar surface area (TPSA) is 38.5 Å². The third kappa shape index (κ3) is 3.12. The third-order valence-corrected chi connectivity index (χ3v) is 3.73. The smallest absolute Gasteiger partial charge is 0.0480 e. The molecular formula is C13H19ClN2O. The van der Waals surface area contributed by atoms with E-state index in [1.807, 2.05) is 18.2 Å². The number of rotatable bonds is 3. The number of nitrogens with zero attached hydrogens (tertiary/aromatic N) is 1. The predicted octanol–water partition coefficient (Wildman–Crippen LogP) is 2.53. The van der Waals surface area contributed by atoms with E-state index in [1.165, 1.54) is 0 Å². The lowest BCUT2D eigenvalue weighted by atomic mass is 10.1. The maximum atomic E-state index is 6.18. The van der Waals surface area contributed by atoms with Crippen molar-refractivity contribution >= 4 is 17.3 Å². The molecule has 94 valence electrons. The minimum absolute atomic E-state index is 0.569. The van der Waals surface area contributed by atoms with Crippen LogP contribution in [0.15, 0.2) is 18.2 Å². The summed E-state index contributed by atoms with van der Waals surface area (Å²) in [7, 11) is 2.12. The molecular weight excluding hydrogens is 236 g/mol. The van der Waals surface area contributed by atoms with E-state index in [2.05, 4.69) is 11.9 Å². The maximum absolute atomic E-state index is 6.18. The van der Waals surface area contributed by atoms with Crippen LogP contribution in [0, 0.1) is 0 Å². The van der Waals surface area contributed by atoms with E-state index < -0.39 is 0 Å². The maximum Gasteiger partial charge on any atom is 0.0480 e. The number of anilines is 1. The summed E-state index contributed by atoms with van der Waals surface area (Å²) in [6, 6.07) is 6.25. The van der Waals surface area contributed by atoms with E-state index in [9.17, 15) is 0 Å². The second kappa shape index (κ2) is 5.71. The predicted molar refractivity (Wildman–Crippen MR) is 71.2 cm³/mol. The summed E-state index contributed by atoms with van der Waals surface area (Å²) in [5.41, 5.74) is 7.77. The lowest BCUT2D eigenvalue weighted by Gasteiger charge is -2.31. The number of hydrogen-bond donors (Lipinski definition) is 1. The number of ether oxygens (including phenoxy) is 1. The Labute approximate surface area is 107 Å². The van der Waals surface area contributed by atoms with Crippen molar-refractivity contribution in [2.75, 3.05) is 26.0 Å². The third-order valence-electron chi connectivity index (χ3n) is 3.38. The molecule has 0 saturated carbocycles. The Kier molecular flexibility index (Phi) is 4.26. The van der Waals surface area contributed by atoms with Crippen LogP contribution in [0.3, 0.4) is 0 Å².